The molecule has 1 aromatic heterocycles. The van der Waals surface area contributed by atoms with Crippen LogP contribution in [0.3, 0.4) is 0 Å². The highest BCUT2D eigenvalue weighted by Crippen LogP contribution is 2.26. The molecule has 5 nitrogen and oxygen atoms in total. The first-order chi connectivity index (χ1) is 9.13. The number of H-pyrrole nitrogens is 1. The van der Waals surface area contributed by atoms with Crippen LogP contribution < -0.4 is 11.1 Å². The molecule has 100 valence electrons. The molecule has 5 heteroatoms. The first kappa shape index (κ1) is 12.0. The van der Waals surface area contributed by atoms with E-state index in [1.165, 1.54) is 0 Å². The summed E-state index contributed by atoms with van der Waals surface area (Å²) in [6.07, 6.45) is 3.08. The Morgan fingerprint density at radius 1 is 1.47 bits per heavy atom. The molecular weight excluding hydrogens is 242 g/mol. The van der Waals surface area contributed by atoms with Gasteiger partial charge in [-0.3, -0.25) is 4.79 Å². The number of nitrogen functional groups attached to an aromatic ring is 1. The van der Waals surface area contributed by atoms with Crippen LogP contribution in [0.15, 0.2) is 24.4 Å². The number of rotatable bonds is 3. The fourth-order valence-corrected chi connectivity index (χ4v) is 2.53. The van der Waals surface area contributed by atoms with Crippen molar-refractivity contribution < 1.29 is 9.90 Å². The van der Waals surface area contributed by atoms with Gasteiger partial charge in [-0.1, -0.05) is 0 Å². The predicted octanol–water partition coefficient (Wildman–Crippen LogP) is 1.25. The fraction of sp³-hybridized carbons (Fsp3) is 0.357. The van der Waals surface area contributed by atoms with Crippen LogP contribution in [0.4, 0.5) is 5.69 Å². The van der Waals surface area contributed by atoms with Crippen LogP contribution >= 0.6 is 0 Å². The molecule has 0 spiro atoms. The quantitative estimate of drug-likeness (QED) is 0.625. The molecule has 5 N–H and O–H groups in total. The van der Waals surface area contributed by atoms with Crippen molar-refractivity contribution in [2.75, 3.05) is 12.3 Å². The second-order valence-corrected chi connectivity index (χ2v) is 5.21. The summed E-state index contributed by atoms with van der Waals surface area (Å²) in [6, 6.07) is 5.47. The summed E-state index contributed by atoms with van der Waals surface area (Å²) < 4.78 is 0. The minimum absolute atomic E-state index is 0.0989. The zero-order chi connectivity index (χ0) is 13.4. The summed E-state index contributed by atoms with van der Waals surface area (Å²) in [5.74, 6) is 0.299. The average molecular weight is 259 g/mol. The molecule has 0 radical (unpaired) electrons. The van der Waals surface area contributed by atoms with E-state index >= 15 is 0 Å². The van der Waals surface area contributed by atoms with Crippen LogP contribution in [0, 0.1) is 5.92 Å². The van der Waals surface area contributed by atoms with Crippen LogP contribution in [-0.2, 0) is 0 Å². The van der Waals surface area contributed by atoms with Gasteiger partial charge in [-0.2, -0.15) is 0 Å². The lowest BCUT2D eigenvalue weighted by Gasteiger charge is -2.31. The zero-order valence-electron chi connectivity index (χ0n) is 10.5. The number of nitrogens with one attached hydrogen (secondary N) is 2. The molecule has 2 aromatic rings. The second-order valence-electron chi connectivity index (χ2n) is 5.21. The maximum atomic E-state index is 12.1. The minimum atomic E-state index is -0.185. The van der Waals surface area contributed by atoms with Crippen LogP contribution in [0.5, 0.6) is 0 Å². The van der Waals surface area contributed by atoms with Crippen molar-refractivity contribution in [3.63, 3.8) is 0 Å². The van der Waals surface area contributed by atoms with Crippen LogP contribution in [0.25, 0.3) is 10.9 Å². The van der Waals surface area contributed by atoms with Crippen LogP contribution in [0.1, 0.15) is 23.2 Å². The number of aromatic amines is 1. The Morgan fingerprint density at radius 2 is 2.26 bits per heavy atom. The van der Waals surface area contributed by atoms with Gasteiger partial charge in [0.05, 0.1) is 11.7 Å². The van der Waals surface area contributed by atoms with E-state index < -0.39 is 0 Å². The molecule has 0 bridgehead atoms. The second kappa shape index (κ2) is 4.59. The van der Waals surface area contributed by atoms with Gasteiger partial charge in [0.15, 0.2) is 0 Å². The molecule has 1 aromatic carbocycles. The van der Waals surface area contributed by atoms with Gasteiger partial charge in [-0.15, -0.1) is 0 Å². The summed E-state index contributed by atoms with van der Waals surface area (Å²) in [5.41, 5.74) is 7.90. The lowest BCUT2D eigenvalue weighted by Crippen LogP contribution is -2.38. The monoisotopic (exact) mass is 259 g/mol. The van der Waals surface area contributed by atoms with Crippen molar-refractivity contribution in [3.05, 3.63) is 30.0 Å². The highest BCUT2D eigenvalue weighted by atomic mass is 16.3. The number of carbonyl (C=O) groups is 1. The average Bonchev–Trinajstić information content (AvgIpc) is 2.75. The van der Waals surface area contributed by atoms with Gasteiger partial charge in [-0.05, 0) is 37.0 Å². The molecule has 1 aliphatic carbocycles. The van der Waals surface area contributed by atoms with Gasteiger partial charge in [0, 0.05) is 29.3 Å². The van der Waals surface area contributed by atoms with Gasteiger partial charge in [-0.25, -0.2) is 0 Å². The Bertz CT molecular complexity index is 614. The van der Waals surface area contributed by atoms with E-state index in [2.05, 4.69) is 10.3 Å². The number of aliphatic hydroxyl groups excluding tert-OH is 1. The number of hydrogen-bond acceptors (Lipinski definition) is 3. The fourth-order valence-electron chi connectivity index (χ4n) is 2.53. The molecule has 1 saturated carbocycles. The molecule has 3 rings (SSSR count). The van der Waals surface area contributed by atoms with Crippen molar-refractivity contribution >= 4 is 22.5 Å². The van der Waals surface area contributed by atoms with E-state index in [4.69, 9.17) is 5.73 Å². The summed E-state index contributed by atoms with van der Waals surface area (Å²) in [5, 5.41) is 13.0. The number of benzene rings is 1. The molecule has 1 aliphatic rings. The Kier molecular flexibility index (Phi) is 2.91. The Labute approximate surface area is 110 Å². The summed E-state index contributed by atoms with van der Waals surface area (Å²) >= 11 is 0. The van der Waals surface area contributed by atoms with E-state index in [0.29, 0.717) is 23.7 Å². The topological polar surface area (TPSA) is 91.1 Å². The van der Waals surface area contributed by atoms with Crippen molar-refractivity contribution in [1.29, 1.82) is 0 Å². The first-order valence-corrected chi connectivity index (χ1v) is 6.46. The molecular formula is C14H17N3O2. The SMILES string of the molecule is Nc1ccc2[nH]cc(C(=O)NCC3CC(O)C3)c2c1. The molecule has 1 amide bonds. The number of nitrogens with two attached hydrogens (primary N) is 1. The third kappa shape index (κ3) is 2.29. The van der Waals surface area contributed by atoms with E-state index in [-0.39, 0.29) is 12.0 Å². The third-order valence-electron chi connectivity index (χ3n) is 3.71. The van der Waals surface area contributed by atoms with Crippen LogP contribution in [0.2, 0.25) is 0 Å². The standard InChI is InChI=1S/C14H17N3O2/c15-9-1-2-13-11(5-9)12(7-16-13)14(19)17-6-8-3-10(18)4-8/h1-2,5,7-8,10,16,18H,3-4,6,15H2,(H,17,19). The van der Waals surface area contributed by atoms with Crippen molar-refractivity contribution in [2.24, 2.45) is 5.92 Å². The Hall–Kier alpha value is -2.01. The van der Waals surface area contributed by atoms with E-state index in [1.54, 1.807) is 18.3 Å². The van der Waals surface area contributed by atoms with Gasteiger partial charge >= 0.3 is 0 Å². The molecule has 1 fully saturated rings. The lowest BCUT2D eigenvalue weighted by atomic mass is 9.82. The number of amides is 1. The summed E-state index contributed by atoms with van der Waals surface area (Å²) in [7, 11) is 0. The van der Waals surface area contributed by atoms with E-state index in [9.17, 15) is 9.90 Å². The van der Waals surface area contributed by atoms with Gasteiger partial charge in [0.25, 0.3) is 5.91 Å². The van der Waals surface area contributed by atoms with Crippen molar-refractivity contribution in [2.45, 2.75) is 18.9 Å². The number of hydrogen-bond donors (Lipinski definition) is 4. The summed E-state index contributed by atoms with van der Waals surface area (Å²) in [4.78, 5) is 15.2. The van der Waals surface area contributed by atoms with Crippen LogP contribution in [-0.4, -0.2) is 28.6 Å². The van der Waals surface area contributed by atoms with Gasteiger partial charge in [0.2, 0.25) is 0 Å². The highest BCUT2D eigenvalue weighted by molar-refractivity contribution is 6.07. The molecule has 19 heavy (non-hydrogen) atoms. The Balaban J connectivity index is 1.72. The maximum absolute atomic E-state index is 12.1. The Morgan fingerprint density at radius 3 is 3.00 bits per heavy atom. The lowest BCUT2D eigenvalue weighted by molar-refractivity contribution is 0.0420. The predicted molar refractivity (Wildman–Crippen MR) is 73.8 cm³/mol. The molecule has 0 aliphatic heterocycles. The number of fused-ring (bicyclic) bond motifs is 1. The minimum Gasteiger partial charge on any atom is -0.399 e. The molecule has 0 unspecified atom stereocenters. The first-order valence-electron chi connectivity index (χ1n) is 6.46. The molecule has 0 atom stereocenters. The maximum Gasteiger partial charge on any atom is 0.253 e. The summed E-state index contributed by atoms with van der Waals surface area (Å²) in [6.45, 7) is 0.616. The third-order valence-corrected chi connectivity index (χ3v) is 3.71. The van der Waals surface area contributed by atoms with Gasteiger partial charge < -0.3 is 21.1 Å². The smallest absolute Gasteiger partial charge is 0.253 e. The number of aliphatic hydroxyl groups is 1. The van der Waals surface area contributed by atoms with Crippen molar-refractivity contribution in [1.82, 2.24) is 10.3 Å². The zero-order valence-corrected chi connectivity index (χ0v) is 10.5. The molecule has 0 saturated heterocycles. The van der Waals surface area contributed by atoms with E-state index in [1.807, 2.05) is 6.07 Å². The van der Waals surface area contributed by atoms with E-state index in [0.717, 1.165) is 23.7 Å². The number of aromatic nitrogens is 1. The van der Waals surface area contributed by atoms with Crippen molar-refractivity contribution in [3.8, 4) is 0 Å². The number of anilines is 1. The largest absolute Gasteiger partial charge is 0.399 e. The van der Waals surface area contributed by atoms with Gasteiger partial charge in [0.1, 0.15) is 0 Å². The normalized spacial score (nSPS) is 22.2. The number of carbonyl (C=O) groups excluding carboxylic acids is 1. The molecule has 1 heterocycles. The highest BCUT2D eigenvalue weighted by Gasteiger charge is 2.27.